The molecule has 1 heterocycles. The molecule has 0 saturated heterocycles. The van der Waals surface area contributed by atoms with Gasteiger partial charge in [0.05, 0.1) is 16.2 Å². The molecule has 0 aliphatic carbocycles. The molecule has 0 aliphatic heterocycles. The lowest BCUT2D eigenvalue weighted by Crippen LogP contribution is -2.14. The van der Waals surface area contributed by atoms with Crippen molar-refractivity contribution in [1.29, 1.82) is 0 Å². The quantitative estimate of drug-likeness (QED) is 0.807. The minimum absolute atomic E-state index is 0.220. The van der Waals surface area contributed by atoms with Crippen LogP contribution in [-0.2, 0) is 16.9 Å². The van der Waals surface area contributed by atoms with Crippen molar-refractivity contribution in [2.45, 2.75) is 25.7 Å². The van der Waals surface area contributed by atoms with E-state index < -0.39 is 15.8 Å². The first kappa shape index (κ1) is 16.2. The Morgan fingerprint density at radius 3 is 2.32 bits per heavy atom. The van der Waals surface area contributed by atoms with Gasteiger partial charge in [0.25, 0.3) is 0 Å². The van der Waals surface area contributed by atoms with Crippen molar-refractivity contribution in [2.75, 3.05) is 6.26 Å². The van der Waals surface area contributed by atoms with Crippen LogP contribution in [0.4, 0.5) is 0 Å². The van der Waals surface area contributed by atoms with Gasteiger partial charge in [-0.25, -0.2) is 17.9 Å². The van der Waals surface area contributed by atoms with Crippen LogP contribution in [0.2, 0.25) is 0 Å². The van der Waals surface area contributed by atoms with Gasteiger partial charge in [-0.05, 0) is 44.0 Å². The fourth-order valence-corrected chi connectivity index (χ4v) is 3.28. The highest BCUT2D eigenvalue weighted by molar-refractivity contribution is 7.90. The smallest absolute Gasteiger partial charge is 0.345 e. The Morgan fingerprint density at radius 2 is 1.82 bits per heavy atom. The van der Waals surface area contributed by atoms with Crippen LogP contribution in [0.1, 0.15) is 27.2 Å². The van der Waals surface area contributed by atoms with E-state index in [0.717, 1.165) is 11.9 Å². The van der Waals surface area contributed by atoms with Crippen molar-refractivity contribution in [3.05, 3.63) is 40.6 Å². The zero-order valence-electron chi connectivity index (χ0n) is 13.2. The number of carbonyl (C=O) groups excluding carboxylic acids is 1. The van der Waals surface area contributed by atoms with Crippen LogP contribution in [0.15, 0.2) is 23.1 Å². The number of rotatable bonds is 3. The molecule has 2 aromatic rings. The average molecular weight is 322 g/mol. The second-order valence-corrected chi connectivity index (χ2v) is 7.25. The summed E-state index contributed by atoms with van der Waals surface area (Å²) < 4.78 is 30.2. The van der Waals surface area contributed by atoms with E-state index in [1.807, 2.05) is 0 Å². The molecule has 6 nitrogen and oxygen atoms in total. The van der Waals surface area contributed by atoms with E-state index in [2.05, 4.69) is 5.10 Å². The van der Waals surface area contributed by atoms with Crippen LogP contribution >= 0.6 is 0 Å². The first-order chi connectivity index (χ1) is 10.1. The zero-order valence-corrected chi connectivity index (χ0v) is 14.0. The van der Waals surface area contributed by atoms with Crippen molar-refractivity contribution in [3.63, 3.8) is 0 Å². The van der Waals surface area contributed by atoms with Crippen molar-refractivity contribution >= 4 is 15.8 Å². The predicted molar refractivity (Wildman–Crippen MR) is 81.9 cm³/mol. The molecule has 0 fully saturated rings. The van der Waals surface area contributed by atoms with Gasteiger partial charge in [0, 0.05) is 19.4 Å². The summed E-state index contributed by atoms with van der Waals surface area (Å²) in [5, 5.41) is 4.10. The van der Waals surface area contributed by atoms with Crippen LogP contribution in [0.3, 0.4) is 0 Å². The van der Waals surface area contributed by atoms with Crippen molar-refractivity contribution < 1.29 is 17.9 Å². The average Bonchev–Trinajstić information content (AvgIpc) is 2.69. The second-order valence-electron chi connectivity index (χ2n) is 5.27. The summed E-state index contributed by atoms with van der Waals surface area (Å²) in [5.74, 6) is -0.199. The van der Waals surface area contributed by atoms with Gasteiger partial charge in [-0.1, -0.05) is 0 Å². The third kappa shape index (κ3) is 3.04. The largest absolute Gasteiger partial charge is 0.404 e. The number of benzene rings is 1. The van der Waals surface area contributed by atoms with Crippen molar-refractivity contribution in [2.24, 2.45) is 7.05 Å². The Balaban J connectivity index is 2.39. The topological polar surface area (TPSA) is 78.3 Å². The molecule has 1 aromatic carbocycles. The predicted octanol–water partition coefficient (Wildman–Crippen LogP) is 1.97. The maximum atomic E-state index is 12.3. The minimum Gasteiger partial charge on any atom is -0.404 e. The van der Waals surface area contributed by atoms with Crippen LogP contribution in [0.25, 0.3) is 0 Å². The molecule has 0 bridgehead atoms. The lowest BCUT2D eigenvalue weighted by Gasteiger charge is -2.11. The Kier molecular flexibility index (Phi) is 4.10. The number of esters is 1. The van der Waals surface area contributed by atoms with E-state index in [4.69, 9.17) is 4.74 Å². The van der Waals surface area contributed by atoms with Crippen molar-refractivity contribution in [3.8, 4) is 5.88 Å². The monoisotopic (exact) mass is 322 g/mol. The van der Waals surface area contributed by atoms with Gasteiger partial charge in [-0.2, -0.15) is 5.10 Å². The third-order valence-electron chi connectivity index (χ3n) is 3.51. The Labute approximate surface area is 129 Å². The van der Waals surface area contributed by atoms with E-state index in [-0.39, 0.29) is 4.90 Å². The van der Waals surface area contributed by atoms with Gasteiger partial charge in [0.1, 0.15) is 0 Å². The molecule has 0 amide bonds. The first-order valence-corrected chi connectivity index (χ1v) is 8.53. The highest BCUT2D eigenvalue weighted by Gasteiger charge is 2.20. The number of aromatic nitrogens is 2. The number of aryl methyl sites for hydroxylation is 2. The van der Waals surface area contributed by atoms with E-state index >= 15 is 0 Å². The standard InChI is InChI=1S/C15H18N2O4S/c1-9-8-14(17(4)16-9)21-15(18)12-6-7-13(22(5,19)20)11(3)10(12)2/h6-8H,1-5H3. The van der Waals surface area contributed by atoms with Gasteiger partial charge < -0.3 is 4.74 Å². The Bertz CT molecular complexity index is 851. The van der Waals surface area contributed by atoms with Crippen LogP contribution in [-0.4, -0.2) is 30.4 Å². The fourth-order valence-electron chi connectivity index (χ4n) is 2.25. The normalized spacial score (nSPS) is 11.5. The summed E-state index contributed by atoms with van der Waals surface area (Å²) in [6.07, 6.45) is 1.14. The lowest BCUT2D eigenvalue weighted by molar-refractivity contribution is 0.0719. The Hall–Kier alpha value is -2.15. The van der Waals surface area contributed by atoms with Crippen LogP contribution < -0.4 is 4.74 Å². The summed E-state index contributed by atoms with van der Waals surface area (Å²) in [7, 11) is -1.65. The SMILES string of the molecule is Cc1cc(OC(=O)c2ccc(S(C)(=O)=O)c(C)c2C)n(C)n1. The minimum atomic E-state index is -3.33. The molecule has 0 radical (unpaired) electrons. The zero-order chi connectivity index (χ0) is 16.7. The number of carbonyl (C=O) groups is 1. The number of hydrogen-bond donors (Lipinski definition) is 0. The van der Waals surface area contributed by atoms with Gasteiger partial charge >= 0.3 is 5.97 Å². The summed E-state index contributed by atoms with van der Waals surface area (Å²) in [6, 6.07) is 4.57. The van der Waals surface area contributed by atoms with E-state index in [9.17, 15) is 13.2 Å². The molecule has 118 valence electrons. The van der Waals surface area contributed by atoms with E-state index in [1.165, 1.54) is 16.8 Å². The molecule has 0 aliphatic rings. The molecule has 0 saturated carbocycles. The summed E-state index contributed by atoms with van der Waals surface area (Å²) >= 11 is 0. The maximum absolute atomic E-state index is 12.3. The third-order valence-corrected chi connectivity index (χ3v) is 4.75. The van der Waals surface area contributed by atoms with Crippen molar-refractivity contribution in [1.82, 2.24) is 9.78 Å². The van der Waals surface area contributed by atoms with Gasteiger partial charge in [0.2, 0.25) is 5.88 Å². The molecule has 0 N–H and O–H groups in total. The second kappa shape index (κ2) is 5.57. The van der Waals surface area contributed by atoms with E-state index in [0.29, 0.717) is 22.6 Å². The molecular formula is C15H18N2O4S. The number of hydrogen-bond acceptors (Lipinski definition) is 5. The summed E-state index contributed by atoms with van der Waals surface area (Å²) in [5.41, 5.74) is 2.22. The lowest BCUT2D eigenvalue weighted by atomic mass is 10.0. The van der Waals surface area contributed by atoms with Crippen LogP contribution in [0.5, 0.6) is 5.88 Å². The maximum Gasteiger partial charge on any atom is 0.345 e. The van der Waals surface area contributed by atoms with Gasteiger partial charge in [-0.3, -0.25) is 0 Å². The Morgan fingerprint density at radius 1 is 1.18 bits per heavy atom. The van der Waals surface area contributed by atoms with Gasteiger partial charge in [0.15, 0.2) is 9.84 Å². The molecule has 1 aromatic heterocycles. The number of nitrogens with zero attached hydrogens (tertiary/aromatic N) is 2. The summed E-state index contributed by atoms with van der Waals surface area (Å²) in [6.45, 7) is 5.18. The molecule has 2 rings (SSSR count). The number of ether oxygens (including phenoxy) is 1. The summed E-state index contributed by atoms with van der Waals surface area (Å²) in [4.78, 5) is 12.5. The van der Waals surface area contributed by atoms with Gasteiger partial charge in [-0.15, -0.1) is 0 Å². The molecule has 0 unspecified atom stereocenters. The highest BCUT2D eigenvalue weighted by atomic mass is 32.2. The highest BCUT2D eigenvalue weighted by Crippen LogP contribution is 2.23. The molecule has 0 spiro atoms. The van der Waals surface area contributed by atoms with E-state index in [1.54, 1.807) is 33.9 Å². The fraction of sp³-hybridized carbons (Fsp3) is 0.333. The molecular weight excluding hydrogens is 304 g/mol. The van der Waals surface area contributed by atoms with Crippen LogP contribution in [0, 0.1) is 20.8 Å². The first-order valence-electron chi connectivity index (χ1n) is 6.64. The number of sulfone groups is 1. The molecule has 22 heavy (non-hydrogen) atoms. The molecule has 7 heteroatoms. The molecule has 0 atom stereocenters.